The molecule has 0 unspecified atom stereocenters. The van der Waals surface area contributed by atoms with E-state index >= 15 is 0 Å². The van der Waals surface area contributed by atoms with Gasteiger partial charge in [0.2, 0.25) is 0 Å². The van der Waals surface area contributed by atoms with Crippen molar-refractivity contribution in [3.8, 4) is 0 Å². The van der Waals surface area contributed by atoms with Gasteiger partial charge in [0, 0.05) is 15.5 Å². The van der Waals surface area contributed by atoms with Gasteiger partial charge in [-0.2, -0.15) is 0 Å². The Kier molecular flexibility index (Phi) is 7.40. The first kappa shape index (κ1) is 21.4. The molecule has 1 aliphatic heterocycles. The van der Waals surface area contributed by atoms with Gasteiger partial charge in [-0.3, -0.25) is 4.79 Å². The first-order chi connectivity index (χ1) is 12.8. The number of nitrogens with one attached hydrogen (secondary N) is 1. The van der Waals surface area contributed by atoms with Gasteiger partial charge in [0.05, 0.1) is 43.7 Å². The molecule has 8 nitrogen and oxygen atoms in total. The minimum Gasteiger partial charge on any atom is -0.466 e. The number of ether oxygens (including phenoxy) is 2. The highest BCUT2D eigenvalue weighted by atomic mass is 79.9. The minimum atomic E-state index is -0.637. The van der Waals surface area contributed by atoms with Crippen molar-refractivity contribution in [3.05, 3.63) is 37.9 Å². The van der Waals surface area contributed by atoms with Crippen molar-refractivity contribution in [1.82, 2.24) is 4.90 Å². The lowest BCUT2D eigenvalue weighted by molar-refractivity contribution is -0.136. The van der Waals surface area contributed by atoms with Gasteiger partial charge in [-0.05, 0) is 50.9 Å². The molecule has 0 saturated carbocycles. The van der Waals surface area contributed by atoms with E-state index in [2.05, 4.69) is 37.2 Å². The molecule has 0 spiro atoms. The van der Waals surface area contributed by atoms with Gasteiger partial charge in [0.15, 0.2) is 0 Å². The summed E-state index contributed by atoms with van der Waals surface area (Å²) in [5.74, 6) is -1.55. The largest absolute Gasteiger partial charge is 0.466 e. The molecule has 1 amide bonds. The number of β-amino-alcohol motifs (C(OH)–C–C–N with tert-alkyl or cyclic N) is 1. The monoisotopic (exact) mass is 504 g/mol. The molecule has 0 bridgehead atoms. The predicted molar refractivity (Wildman–Crippen MR) is 104 cm³/mol. The topological polar surface area (TPSA) is 105 Å². The van der Waals surface area contributed by atoms with Gasteiger partial charge in [-0.15, -0.1) is 0 Å². The van der Waals surface area contributed by atoms with Gasteiger partial charge in [0.1, 0.15) is 5.70 Å². The first-order valence-electron chi connectivity index (χ1n) is 7.98. The molecule has 1 aromatic carbocycles. The number of esters is 2. The second-order valence-electron chi connectivity index (χ2n) is 5.46. The van der Waals surface area contributed by atoms with Crippen molar-refractivity contribution >= 4 is 55.4 Å². The Morgan fingerprint density at radius 2 is 1.89 bits per heavy atom. The van der Waals surface area contributed by atoms with E-state index in [0.29, 0.717) is 20.2 Å². The molecule has 0 aromatic heterocycles. The Hall–Kier alpha value is -1.91. The molecule has 27 heavy (non-hydrogen) atoms. The van der Waals surface area contributed by atoms with Gasteiger partial charge >= 0.3 is 11.9 Å². The van der Waals surface area contributed by atoms with Crippen LogP contribution in [0.1, 0.15) is 17.3 Å². The van der Waals surface area contributed by atoms with Crippen LogP contribution in [0.3, 0.4) is 0 Å². The molecule has 2 N–H and O–H groups in total. The highest BCUT2D eigenvalue weighted by Gasteiger charge is 2.35. The van der Waals surface area contributed by atoms with Crippen LogP contribution in [0.25, 0.3) is 0 Å². The van der Waals surface area contributed by atoms with Crippen LogP contribution in [0, 0.1) is 0 Å². The number of aliphatic hydroxyl groups is 1. The maximum atomic E-state index is 12.6. The molecular weight excluding hydrogens is 488 g/mol. The van der Waals surface area contributed by atoms with Crippen LogP contribution in [0.15, 0.2) is 32.3 Å². The van der Waals surface area contributed by atoms with Crippen LogP contribution in [0.5, 0.6) is 0 Å². The third-order valence-corrected chi connectivity index (χ3v) is 5.01. The number of carbonyl (C=O) groups excluding carboxylic acids is 3. The maximum absolute atomic E-state index is 12.6. The third-order valence-electron chi connectivity index (χ3n) is 3.76. The third kappa shape index (κ3) is 4.69. The van der Waals surface area contributed by atoms with E-state index in [1.54, 1.807) is 19.1 Å². The lowest BCUT2D eigenvalue weighted by Crippen LogP contribution is -2.31. The molecule has 10 heteroatoms. The molecule has 1 aliphatic rings. The van der Waals surface area contributed by atoms with Crippen molar-refractivity contribution in [2.24, 2.45) is 0 Å². The second kappa shape index (κ2) is 9.34. The number of benzene rings is 1. The second-order valence-corrected chi connectivity index (χ2v) is 7.16. The van der Waals surface area contributed by atoms with Crippen molar-refractivity contribution < 1.29 is 29.0 Å². The standard InChI is InChI=1S/C17H18Br2N2O6/c1-3-27-16(24)9-6-11(18)14(12(19)7-9)20-13-10(17(25)26-2)8-21(4-5-22)15(13)23/h6-7,20,22H,3-5,8H2,1-2H3. The average molecular weight is 506 g/mol. The number of methoxy groups -OCH3 is 1. The van der Waals surface area contributed by atoms with E-state index in [9.17, 15) is 14.4 Å². The number of anilines is 1. The van der Waals surface area contributed by atoms with Crippen LogP contribution in [0.2, 0.25) is 0 Å². The van der Waals surface area contributed by atoms with Gasteiger partial charge in [-0.25, -0.2) is 9.59 Å². The molecule has 146 valence electrons. The average Bonchev–Trinajstić information content (AvgIpc) is 2.93. The van der Waals surface area contributed by atoms with E-state index in [1.165, 1.54) is 12.0 Å². The summed E-state index contributed by atoms with van der Waals surface area (Å²) in [6.45, 7) is 1.86. The van der Waals surface area contributed by atoms with E-state index in [-0.39, 0.29) is 37.6 Å². The zero-order valence-corrected chi connectivity index (χ0v) is 17.8. The Morgan fingerprint density at radius 1 is 1.26 bits per heavy atom. The number of carbonyl (C=O) groups is 3. The number of amides is 1. The molecule has 0 fully saturated rings. The summed E-state index contributed by atoms with van der Waals surface area (Å²) in [5, 5.41) is 12.0. The van der Waals surface area contributed by atoms with Crippen LogP contribution < -0.4 is 5.32 Å². The Labute approximate surface area is 172 Å². The lowest BCUT2D eigenvalue weighted by atomic mass is 10.2. The number of hydrogen-bond acceptors (Lipinski definition) is 7. The number of rotatable bonds is 7. The fourth-order valence-electron chi connectivity index (χ4n) is 2.50. The predicted octanol–water partition coefficient (Wildman–Crippen LogP) is 2.06. The smallest absolute Gasteiger partial charge is 0.338 e. The van der Waals surface area contributed by atoms with Crippen molar-refractivity contribution in [3.63, 3.8) is 0 Å². The normalized spacial score (nSPS) is 13.8. The van der Waals surface area contributed by atoms with Crippen molar-refractivity contribution in [1.29, 1.82) is 0 Å². The summed E-state index contributed by atoms with van der Waals surface area (Å²) in [6.07, 6.45) is 0. The summed E-state index contributed by atoms with van der Waals surface area (Å²) in [5.41, 5.74) is 0.992. The molecule has 2 rings (SSSR count). The van der Waals surface area contributed by atoms with Gasteiger partial charge in [-0.1, -0.05) is 0 Å². The van der Waals surface area contributed by atoms with E-state index < -0.39 is 17.8 Å². The summed E-state index contributed by atoms with van der Waals surface area (Å²) >= 11 is 6.72. The van der Waals surface area contributed by atoms with E-state index in [4.69, 9.17) is 14.6 Å². The highest BCUT2D eigenvalue weighted by molar-refractivity contribution is 9.11. The van der Waals surface area contributed by atoms with Crippen LogP contribution in [0.4, 0.5) is 5.69 Å². The zero-order chi connectivity index (χ0) is 20.1. The molecule has 1 aromatic rings. The number of halogens is 2. The maximum Gasteiger partial charge on any atom is 0.338 e. The first-order valence-corrected chi connectivity index (χ1v) is 9.57. The van der Waals surface area contributed by atoms with Crippen LogP contribution >= 0.6 is 31.9 Å². The minimum absolute atomic E-state index is 0.0323. The number of nitrogens with zero attached hydrogens (tertiary/aromatic N) is 1. The number of hydrogen-bond donors (Lipinski definition) is 2. The Bertz CT molecular complexity index is 786. The Morgan fingerprint density at radius 3 is 2.41 bits per heavy atom. The Balaban J connectivity index is 2.39. The SMILES string of the molecule is CCOC(=O)c1cc(Br)c(NC2=C(C(=O)OC)CN(CCO)C2=O)c(Br)c1. The fourth-order valence-corrected chi connectivity index (χ4v) is 3.88. The van der Waals surface area contributed by atoms with Crippen molar-refractivity contribution in [2.45, 2.75) is 6.92 Å². The molecular formula is C17H18Br2N2O6. The molecule has 0 radical (unpaired) electrons. The van der Waals surface area contributed by atoms with E-state index in [1.807, 2.05) is 0 Å². The summed E-state index contributed by atoms with van der Waals surface area (Å²) < 4.78 is 10.7. The van der Waals surface area contributed by atoms with E-state index in [0.717, 1.165) is 0 Å². The summed E-state index contributed by atoms with van der Waals surface area (Å²) in [7, 11) is 1.23. The summed E-state index contributed by atoms with van der Waals surface area (Å²) in [4.78, 5) is 37.9. The highest BCUT2D eigenvalue weighted by Crippen LogP contribution is 2.35. The van der Waals surface area contributed by atoms with Gasteiger partial charge < -0.3 is 24.8 Å². The lowest BCUT2D eigenvalue weighted by Gasteiger charge is -2.16. The number of aliphatic hydroxyl groups excluding tert-OH is 1. The van der Waals surface area contributed by atoms with Crippen LogP contribution in [-0.2, 0) is 19.1 Å². The zero-order valence-electron chi connectivity index (χ0n) is 14.7. The summed E-state index contributed by atoms with van der Waals surface area (Å²) in [6, 6.07) is 3.10. The molecule has 0 saturated heterocycles. The molecule has 0 atom stereocenters. The van der Waals surface area contributed by atoms with Gasteiger partial charge in [0.25, 0.3) is 5.91 Å². The van der Waals surface area contributed by atoms with Crippen LogP contribution in [-0.4, -0.2) is 61.3 Å². The molecule has 0 aliphatic carbocycles. The quantitative estimate of drug-likeness (QED) is 0.546. The molecule has 1 heterocycles. The fraction of sp³-hybridized carbons (Fsp3) is 0.353. The van der Waals surface area contributed by atoms with Crippen molar-refractivity contribution in [2.75, 3.05) is 38.7 Å².